The Hall–Kier alpha value is -3.72. The van der Waals surface area contributed by atoms with Crippen molar-refractivity contribution in [2.75, 3.05) is 7.11 Å². The van der Waals surface area contributed by atoms with Crippen LogP contribution in [0.25, 0.3) is 33.2 Å². The minimum Gasteiger partial charge on any atom is -0.496 e. The number of alkyl halides is 3. The summed E-state index contributed by atoms with van der Waals surface area (Å²) >= 11 is 6.20. The van der Waals surface area contributed by atoms with Crippen LogP contribution in [0.3, 0.4) is 0 Å². The second-order valence-corrected chi connectivity index (χ2v) is 7.38. The third-order valence-corrected chi connectivity index (χ3v) is 5.27. The molecule has 3 aromatic carbocycles. The molecule has 1 heterocycles. The summed E-state index contributed by atoms with van der Waals surface area (Å²) in [5.41, 5.74) is 6.81. The highest BCUT2D eigenvalue weighted by Crippen LogP contribution is 2.44. The predicted octanol–water partition coefficient (Wildman–Crippen LogP) is 5.67. The maximum atomic E-state index is 13.8. The molecule has 0 spiro atoms. The molecule has 0 atom stereocenters. The number of nitrogens with one attached hydrogen (secondary N) is 1. The molecule has 0 radical (unpaired) electrons. The molecule has 0 amide bonds. The first kappa shape index (κ1) is 21.5. The number of aromatic amines is 1. The molecule has 4 aromatic rings. The van der Waals surface area contributed by atoms with Crippen LogP contribution >= 0.6 is 11.6 Å². The summed E-state index contributed by atoms with van der Waals surface area (Å²) in [6, 6.07) is 11.7. The Kier molecular flexibility index (Phi) is 5.43. The number of fused-ring (bicyclic) bond motifs is 1. The van der Waals surface area contributed by atoms with Gasteiger partial charge in [-0.15, -0.1) is 0 Å². The summed E-state index contributed by atoms with van der Waals surface area (Å²) in [6.45, 7) is 0. The summed E-state index contributed by atoms with van der Waals surface area (Å²) < 4.78 is 46.8. The van der Waals surface area contributed by atoms with E-state index < -0.39 is 17.6 Å². The molecular weight excluding hydrogens is 445 g/mol. The third-order valence-electron chi connectivity index (χ3n) is 5.03. The SMILES string of the molecule is COc1ccc(Cl)cc1-c1c(/C(N)=N/O)cc(C(F)(F)F)cc1-c1ccc2[nH]ncc2c1. The van der Waals surface area contributed by atoms with Crippen molar-refractivity contribution in [3.8, 4) is 28.0 Å². The molecule has 0 aliphatic rings. The summed E-state index contributed by atoms with van der Waals surface area (Å²) in [5.74, 6) is -0.134. The number of methoxy groups -OCH3 is 1. The number of amidine groups is 1. The van der Waals surface area contributed by atoms with Crippen molar-refractivity contribution in [1.29, 1.82) is 0 Å². The quantitative estimate of drug-likeness (QED) is 0.158. The first-order valence-corrected chi connectivity index (χ1v) is 9.61. The Morgan fingerprint density at radius 2 is 1.91 bits per heavy atom. The zero-order valence-electron chi connectivity index (χ0n) is 16.5. The van der Waals surface area contributed by atoms with Gasteiger partial charge in [0, 0.05) is 27.1 Å². The zero-order valence-corrected chi connectivity index (χ0v) is 17.3. The van der Waals surface area contributed by atoms with Crippen LogP contribution in [0, 0.1) is 0 Å². The number of aromatic nitrogens is 2. The van der Waals surface area contributed by atoms with E-state index in [0.29, 0.717) is 27.3 Å². The molecular formula is C22H16ClF3N4O2. The van der Waals surface area contributed by atoms with E-state index in [1.54, 1.807) is 42.6 Å². The molecule has 4 N–H and O–H groups in total. The maximum Gasteiger partial charge on any atom is 0.416 e. The molecule has 0 aliphatic heterocycles. The molecule has 4 rings (SSSR count). The number of hydrogen-bond donors (Lipinski definition) is 3. The Labute approximate surface area is 185 Å². The van der Waals surface area contributed by atoms with Crippen molar-refractivity contribution >= 4 is 28.3 Å². The zero-order chi connectivity index (χ0) is 23.0. The Morgan fingerprint density at radius 3 is 2.59 bits per heavy atom. The first-order valence-electron chi connectivity index (χ1n) is 9.23. The summed E-state index contributed by atoms with van der Waals surface area (Å²) in [5, 5.41) is 20.1. The van der Waals surface area contributed by atoms with Crippen LogP contribution in [0.1, 0.15) is 11.1 Å². The van der Waals surface area contributed by atoms with Gasteiger partial charge in [-0.3, -0.25) is 5.10 Å². The van der Waals surface area contributed by atoms with E-state index in [2.05, 4.69) is 15.4 Å². The molecule has 0 bridgehead atoms. The fraction of sp³-hybridized carbons (Fsp3) is 0.0909. The number of hydrogen-bond acceptors (Lipinski definition) is 4. The van der Waals surface area contributed by atoms with Gasteiger partial charge in [-0.25, -0.2) is 0 Å². The fourth-order valence-electron chi connectivity index (χ4n) is 3.57. The van der Waals surface area contributed by atoms with Crippen LogP contribution in [0.15, 0.2) is 59.9 Å². The second kappa shape index (κ2) is 8.08. The van der Waals surface area contributed by atoms with Gasteiger partial charge in [-0.2, -0.15) is 18.3 Å². The monoisotopic (exact) mass is 460 g/mol. The largest absolute Gasteiger partial charge is 0.496 e. The van der Waals surface area contributed by atoms with Crippen molar-refractivity contribution in [1.82, 2.24) is 10.2 Å². The minimum absolute atomic E-state index is 0.120. The van der Waals surface area contributed by atoms with Crippen LogP contribution < -0.4 is 10.5 Å². The molecule has 0 unspecified atom stereocenters. The van der Waals surface area contributed by atoms with Crippen molar-refractivity contribution < 1.29 is 23.1 Å². The minimum atomic E-state index is -4.67. The smallest absolute Gasteiger partial charge is 0.416 e. The molecule has 0 saturated heterocycles. The third kappa shape index (κ3) is 3.82. The Balaban J connectivity index is 2.16. The van der Waals surface area contributed by atoms with Gasteiger partial charge in [0.15, 0.2) is 5.84 Å². The molecule has 0 fully saturated rings. The van der Waals surface area contributed by atoms with Crippen molar-refractivity contribution in [3.05, 3.63) is 70.9 Å². The second-order valence-electron chi connectivity index (χ2n) is 6.95. The summed E-state index contributed by atoms with van der Waals surface area (Å²) in [6.07, 6.45) is -3.10. The highest BCUT2D eigenvalue weighted by molar-refractivity contribution is 6.31. The highest BCUT2D eigenvalue weighted by Gasteiger charge is 2.33. The molecule has 0 aliphatic carbocycles. The van der Waals surface area contributed by atoms with Gasteiger partial charge in [0.2, 0.25) is 0 Å². The van der Waals surface area contributed by atoms with Gasteiger partial charge >= 0.3 is 6.18 Å². The van der Waals surface area contributed by atoms with E-state index in [9.17, 15) is 18.4 Å². The van der Waals surface area contributed by atoms with E-state index in [4.69, 9.17) is 22.1 Å². The van der Waals surface area contributed by atoms with Gasteiger partial charge in [-0.1, -0.05) is 22.8 Å². The van der Waals surface area contributed by atoms with E-state index in [0.717, 1.165) is 17.6 Å². The predicted molar refractivity (Wildman–Crippen MR) is 116 cm³/mol. The van der Waals surface area contributed by atoms with Crippen molar-refractivity contribution in [2.45, 2.75) is 6.18 Å². The normalized spacial score (nSPS) is 12.3. The number of benzene rings is 3. The number of ether oxygens (including phenoxy) is 1. The van der Waals surface area contributed by atoms with Gasteiger partial charge < -0.3 is 15.7 Å². The lowest BCUT2D eigenvalue weighted by Gasteiger charge is -2.20. The molecule has 6 nitrogen and oxygen atoms in total. The Bertz CT molecular complexity index is 1350. The first-order chi connectivity index (χ1) is 15.2. The summed E-state index contributed by atoms with van der Waals surface area (Å²) in [4.78, 5) is 0. The van der Waals surface area contributed by atoms with Gasteiger partial charge in [0.05, 0.1) is 24.4 Å². The topological polar surface area (TPSA) is 96.5 Å². The number of nitrogens with two attached hydrogens (primary N) is 1. The van der Waals surface area contributed by atoms with Gasteiger partial charge in [-0.05, 0) is 53.6 Å². The Morgan fingerprint density at radius 1 is 1.12 bits per heavy atom. The number of oxime groups is 1. The lowest BCUT2D eigenvalue weighted by atomic mass is 9.87. The number of H-pyrrole nitrogens is 1. The molecule has 32 heavy (non-hydrogen) atoms. The fourth-order valence-corrected chi connectivity index (χ4v) is 3.74. The van der Waals surface area contributed by atoms with Gasteiger partial charge in [0.1, 0.15) is 5.75 Å². The summed E-state index contributed by atoms with van der Waals surface area (Å²) in [7, 11) is 1.43. The van der Waals surface area contributed by atoms with Crippen LogP contribution in [-0.2, 0) is 6.18 Å². The number of rotatable bonds is 4. The van der Waals surface area contributed by atoms with E-state index in [1.165, 1.54) is 7.11 Å². The van der Waals surface area contributed by atoms with E-state index in [-0.39, 0.29) is 16.7 Å². The number of halogens is 4. The lowest BCUT2D eigenvalue weighted by molar-refractivity contribution is -0.137. The van der Waals surface area contributed by atoms with Crippen LogP contribution in [0.4, 0.5) is 13.2 Å². The van der Waals surface area contributed by atoms with Crippen molar-refractivity contribution in [3.63, 3.8) is 0 Å². The van der Waals surface area contributed by atoms with Crippen LogP contribution in [0.5, 0.6) is 5.75 Å². The highest BCUT2D eigenvalue weighted by atomic mass is 35.5. The molecule has 10 heteroatoms. The molecule has 1 aromatic heterocycles. The van der Waals surface area contributed by atoms with Crippen molar-refractivity contribution in [2.24, 2.45) is 10.9 Å². The molecule has 0 saturated carbocycles. The van der Waals surface area contributed by atoms with Gasteiger partial charge in [0.25, 0.3) is 0 Å². The standard InChI is InChI=1S/C22H16ClF3N4O2/c1-32-19-5-3-14(23)9-16(19)20-15(11-2-4-18-12(6-11)10-28-29-18)7-13(22(24,25)26)8-17(20)21(27)30-31/h2-10,31H,1H3,(H2,27,30)(H,28,29). The maximum absolute atomic E-state index is 13.8. The average Bonchev–Trinajstić information content (AvgIpc) is 3.25. The average molecular weight is 461 g/mol. The van der Waals surface area contributed by atoms with Crippen LogP contribution in [-0.4, -0.2) is 28.4 Å². The molecule has 164 valence electrons. The lowest BCUT2D eigenvalue weighted by Crippen LogP contribution is -2.17. The van der Waals surface area contributed by atoms with Crippen LogP contribution in [0.2, 0.25) is 5.02 Å². The van der Waals surface area contributed by atoms with E-state index in [1.807, 2.05) is 0 Å². The van der Waals surface area contributed by atoms with E-state index >= 15 is 0 Å². The number of nitrogens with zero attached hydrogens (tertiary/aromatic N) is 2.